The fraction of sp³-hybridized carbons (Fsp3) is 0.278. The van der Waals surface area contributed by atoms with Gasteiger partial charge in [-0.25, -0.2) is 8.42 Å². The van der Waals surface area contributed by atoms with E-state index in [1.165, 1.54) is 0 Å². The highest BCUT2D eigenvalue weighted by atomic mass is 32.2. The molecule has 2 aromatic rings. The summed E-state index contributed by atoms with van der Waals surface area (Å²) in [4.78, 5) is 12.6. The molecule has 0 aromatic heterocycles. The Labute approximate surface area is 147 Å². The minimum Gasteiger partial charge on any atom is -0.370 e. The number of rotatable bonds is 7. The average molecular weight is 359 g/mol. The number of sulfonamides is 1. The summed E-state index contributed by atoms with van der Waals surface area (Å²) < 4.78 is 24.9. The lowest BCUT2D eigenvalue weighted by Crippen LogP contribution is -2.34. The molecule has 132 valence electrons. The number of benzene rings is 2. The molecule has 0 saturated heterocycles. The van der Waals surface area contributed by atoms with Crippen molar-refractivity contribution >= 4 is 27.3 Å². The van der Waals surface area contributed by atoms with Crippen LogP contribution in [0.25, 0.3) is 0 Å². The summed E-state index contributed by atoms with van der Waals surface area (Å²) in [5, 5.41) is 6.25. The van der Waals surface area contributed by atoms with E-state index in [1.807, 2.05) is 30.3 Å². The maximum Gasteiger partial charge on any atom is 0.247 e. The molecule has 0 aliphatic heterocycles. The number of carbonyl (C=O) groups is 1. The molecule has 1 atom stereocenters. The maximum atomic E-state index is 12.6. The first-order valence-corrected chi connectivity index (χ1v) is 9.99. The van der Waals surface area contributed by atoms with Crippen LogP contribution in [0, 0.1) is 0 Å². The molecule has 0 unspecified atom stereocenters. The normalized spacial score (nSPS) is 15.2. The Morgan fingerprint density at radius 3 is 2.16 bits per heavy atom. The second-order valence-electron chi connectivity index (χ2n) is 6.22. The number of nitrogens with one attached hydrogen (secondary N) is 3. The summed E-state index contributed by atoms with van der Waals surface area (Å²) in [5.41, 5.74) is 2.09. The van der Waals surface area contributed by atoms with Crippen molar-refractivity contribution in [2.24, 2.45) is 0 Å². The lowest BCUT2D eigenvalue weighted by atomic mass is 10.1. The highest BCUT2D eigenvalue weighted by Crippen LogP contribution is 2.24. The molecule has 2 aromatic carbocycles. The molecule has 1 aliphatic carbocycles. The second kappa shape index (κ2) is 7.14. The molecular weight excluding hydrogens is 338 g/mol. The first-order chi connectivity index (χ1) is 11.9. The summed E-state index contributed by atoms with van der Waals surface area (Å²) in [5.74, 6) is -0.0629. The second-order valence-corrected chi connectivity index (χ2v) is 7.97. The van der Waals surface area contributed by atoms with E-state index in [4.69, 9.17) is 0 Å². The van der Waals surface area contributed by atoms with Crippen molar-refractivity contribution in [2.45, 2.75) is 24.9 Å². The Kier molecular flexibility index (Phi) is 4.94. The molecule has 0 heterocycles. The van der Waals surface area contributed by atoms with Gasteiger partial charge in [-0.3, -0.25) is 9.52 Å². The van der Waals surface area contributed by atoms with E-state index < -0.39 is 16.1 Å². The Bertz CT molecular complexity index is 832. The maximum absolute atomic E-state index is 12.6. The Morgan fingerprint density at radius 2 is 1.60 bits per heavy atom. The van der Waals surface area contributed by atoms with Crippen LogP contribution in [0.15, 0.2) is 54.6 Å². The fourth-order valence-corrected chi connectivity index (χ4v) is 3.04. The summed E-state index contributed by atoms with van der Waals surface area (Å²) in [6.07, 6.45) is 3.16. The van der Waals surface area contributed by atoms with Crippen LogP contribution < -0.4 is 15.4 Å². The van der Waals surface area contributed by atoms with E-state index in [2.05, 4.69) is 15.4 Å². The largest absolute Gasteiger partial charge is 0.370 e. The van der Waals surface area contributed by atoms with Gasteiger partial charge in [-0.1, -0.05) is 30.3 Å². The molecule has 1 saturated carbocycles. The quantitative estimate of drug-likeness (QED) is 0.709. The van der Waals surface area contributed by atoms with E-state index in [9.17, 15) is 13.2 Å². The first-order valence-electron chi connectivity index (χ1n) is 8.10. The van der Waals surface area contributed by atoms with Crippen molar-refractivity contribution in [1.82, 2.24) is 5.32 Å². The van der Waals surface area contributed by atoms with Crippen LogP contribution in [-0.4, -0.2) is 26.6 Å². The zero-order valence-corrected chi connectivity index (χ0v) is 14.7. The van der Waals surface area contributed by atoms with E-state index in [0.717, 1.165) is 30.3 Å². The van der Waals surface area contributed by atoms with Gasteiger partial charge in [0.25, 0.3) is 0 Å². The van der Waals surface area contributed by atoms with Gasteiger partial charge in [-0.15, -0.1) is 0 Å². The van der Waals surface area contributed by atoms with Crippen LogP contribution in [-0.2, 0) is 14.8 Å². The summed E-state index contributed by atoms with van der Waals surface area (Å²) in [6.45, 7) is 0. The number of hydrogen-bond acceptors (Lipinski definition) is 4. The van der Waals surface area contributed by atoms with E-state index >= 15 is 0 Å². The van der Waals surface area contributed by atoms with Gasteiger partial charge in [0.1, 0.15) is 6.04 Å². The van der Waals surface area contributed by atoms with Gasteiger partial charge in [-0.05, 0) is 42.7 Å². The molecular formula is C18H21N3O3S. The number of anilines is 2. The Morgan fingerprint density at radius 1 is 1.00 bits per heavy atom. The lowest BCUT2D eigenvalue weighted by Gasteiger charge is -2.20. The topological polar surface area (TPSA) is 87.3 Å². The first kappa shape index (κ1) is 17.3. The minimum absolute atomic E-state index is 0.0629. The van der Waals surface area contributed by atoms with Gasteiger partial charge in [0, 0.05) is 17.4 Å². The van der Waals surface area contributed by atoms with Gasteiger partial charge >= 0.3 is 0 Å². The highest BCUT2D eigenvalue weighted by Gasteiger charge is 2.28. The lowest BCUT2D eigenvalue weighted by molar-refractivity contribution is -0.122. The van der Waals surface area contributed by atoms with Gasteiger partial charge in [0.05, 0.1) is 6.26 Å². The monoisotopic (exact) mass is 359 g/mol. The molecule has 3 rings (SSSR count). The van der Waals surface area contributed by atoms with Crippen molar-refractivity contribution in [2.75, 3.05) is 16.3 Å². The third kappa shape index (κ3) is 5.22. The van der Waals surface area contributed by atoms with Crippen molar-refractivity contribution in [1.29, 1.82) is 0 Å². The standard InChI is InChI=1S/C18H21N3O3S/c1-25(23,24)21-16-11-9-14(10-12-16)19-17(13-5-3-2-4-6-13)18(22)20-15-7-8-15/h2-6,9-12,15,17,19,21H,7-8H2,1H3,(H,20,22)/t17-/m0/s1. The predicted molar refractivity (Wildman–Crippen MR) is 98.9 cm³/mol. The zero-order chi connectivity index (χ0) is 17.9. The number of hydrogen-bond donors (Lipinski definition) is 3. The Hall–Kier alpha value is -2.54. The van der Waals surface area contributed by atoms with Gasteiger partial charge in [0.15, 0.2) is 0 Å². The van der Waals surface area contributed by atoms with Gasteiger partial charge < -0.3 is 10.6 Å². The predicted octanol–water partition coefficient (Wildman–Crippen LogP) is 2.49. The molecule has 3 N–H and O–H groups in total. The minimum atomic E-state index is -3.31. The zero-order valence-electron chi connectivity index (χ0n) is 13.9. The summed E-state index contributed by atoms with van der Waals surface area (Å²) in [7, 11) is -3.31. The molecule has 0 spiro atoms. The molecule has 0 radical (unpaired) electrons. The van der Waals surface area contributed by atoms with Crippen molar-refractivity contribution < 1.29 is 13.2 Å². The van der Waals surface area contributed by atoms with Crippen LogP contribution in [0.4, 0.5) is 11.4 Å². The van der Waals surface area contributed by atoms with Gasteiger partial charge in [0.2, 0.25) is 15.9 Å². The van der Waals surface area contributed by atoms with Crippen LogP contribution >= 0.6 is 0 Å². The van der Waals surface area contributed by atoms with Gasteiger partial charge in [-0.2, -0.15) is 0 Å². The molecule has 1 fully saturated rings. The number of amides is 1. The SMILES string of the molecule is CS(=O)(=O)Nc1ccc(N[C@H](C(=O)NC2CC2)c2ccccc2)cc1. The smallest absolute Gasteiger partial charge is 0.247 e. The van der Waals surface area contributed by atoms with Crippen LogP contribution in [0.3, 0.4) is 0 Å². The molecule has 25 heavy (non-hydrogen) atoms. The molecule has 7 heteroatoms. The number of carbonyl (C=O) groups excluding carboxylic acids is 1. The average Bonchev–Trinajstić information content (AvgIpc) is 3.37. The summed E-state index contributed by atoms with van der Waals surface area (Å²) >= 11 is 0. The third-order valence-corrected chi connectivity index (χ3v) is 4.42. The Balaban J connectivity index is 1.76. The van der Waals surface area contributed by atoms with E-state index in [0.29, 0.717) is 5.69 Å². The van der Waals surface area contributed by atoms with Crippen molar-refractivity contribution in [3.05, 3.63) is 60.2 Å². The highest BCUT2D eigenvalue weighted by molar-refractivity contribution is 7.92. The van der Waals surface area contributed by atoms with Crippen LogP contribution in [0.2, 0.25) is 0 Å². The van der Waals surface area contributed by atoms with Crippen LogP contribution in [0.1, 0.15) is 24.4 Å². The molecule has 6 nitrogen and oxygen atoms in total. The summed E-state index contributed by atoms with van der Waals surface area (Å²) in [6, 6.07) is 16.1. The van der Waals surface area contributed by atoms with E-state index in [-0.39, 0.29) is 11.9 Å². The van der Waals surface area contributed by atoms with Crippen molar-refractivity contribution in [3.8, 4) is 0 Å². The fourth-order valence-electron chi connectivity index (χ4n) is 2.47. The molecule has 1 amide bonds. The van der Waals surface area contributed by atoms with E-state index in [1.54, 1.807) is 24.3 Å². The van der Waals surface area contributed by atoms with Crippen LogP contribution in [0.5, 0.6) is 0 Å². The third-order valence-electron chi connectivity index (χ3n) is 3.82. The molecule has 0 bridgehead atoms. The molecule has 1 aliphatic rings. The van der Waals surface area contributed by atoms with Crippen molar-refractivity contribution in [3.63, 3.8) is 0 Å².